The topological polar surface area (TPSA) is 102 Å². The number of carbonyl (C=O) groups excluding carboxylic acids is 1. The maximum Gasteiger partial charge on any atom is 0.408 e. The maximum atomic E-state index is 11.7. The fourth-order valence-corrected chi connectivity index (χ4v) is 2.31. The molecule has 0 spiro atoms. The van der Waals surface area contributed by atoms with Crippen LogP contribution in [0.25, 0.3) is 11.1 Å². The molecule has 0 saturated carbocycles. The van der Waals surface area contributed by atoms with Gasteiger partial charge in [0.25, 0.3) is 0 Å². The molecule has 1 heterocycles. The van der Waals surface area contributed by atoms with E-state index in [1.807, 2.05) is 6.07 Å². The average molecular weight is 385 g/mol. The van der Waals surface area contributed by atoms with Gasteiger partial charge in [-0.2, -0.15) is 0 Å². The van der Waals surface area contributed by atoms with Gasteiger partial charge in [0, 0.05) is 4.47 Å². The Hall–Kier alpha value is -2.09. The number of halogens is 1. The number of benzene rings is 1. The lowest BCUT2D eigenvalue weighted by molar-refractivity contribution is -0.139. The number of fused-ring (bicyclic) bond motifs is 1. The van der Waals surface area contributed by atoms with Crippen molar-refractivity contribution in [2.75, 3.05) is 0 Å². The molecular formula is C15H17BrN2O5. The summed E-state index contributed by atoms with van der Waals surface area (Å²) in [6.45, 7) is 5.09. The van der Waals surface area contributed by atoms with E-state index in [2.05, 4.69) is 26.2 Å². The number of hydrogen-bond donors (Lipinski definition) is 2. The van der Waals surface area contributed by atoms with Crippen molar-refractivity contribution in [3.05, 3.63) is 28.6 Å². The second-order valence-corrected chi connectivity index (χ2v) is 6.79. The fraction of sp³-hybridized carbons (Fsp3) is 0.400. The van der Waals surface area contributed by atoms with Crippen LogP contribution in [0.1, 0.15) is 26.7 Å². The third-order valence-electron chi connectivity index (χ3n) is 2.78. The van der Waals surface area contributed by atoms with E-state index in [0.717, 1.165) is 4.47 Å². The minimum Gasteiger partial charge on any atom is -0.480 e. The van der Waals surface area contributed by atoms with Crippen LogP contribution in [0.2, 0.25) is 0 Å². The molecule has 124 valence electrons. The molecule has 8 heteroatoms. The molecule has 0 saturated heterocycles. The zero-order valence-electron chi connectivity index (χ0n) is 12.9. The van der Waals surface area contributed by atoms with Crippen LogP contribution in [-0.2, 0) is 16.0 Å². The normalized spacial score (nSPS) is 12.9. The molecule has 0 radical (unpaired) electrons. The lowest BCUT2D eigenvalue weighted by atomic mass is 10.2. The molecule has 0 fully saturated rings. The van der Waals surface area contributed by atoms with Gasteiger partial charge in [0.1, 0.15) is 17.2 Å². The predicted octanol–water partition coefficient (Wildman–Crippen LogP) is 3.11. The minimum atomic E-state index is -1.20. The lowest BCUT2D eigenvalue weighted by Gasteiger charge is -2.21. The zero-order chi connectivity index (χ0) is 17.2. The van der Waals surface area contributed by atoms with Crippen molar-refractivity contribution in [1.29, 1.82) is 0 Å². The first-order chi connectivity index (χ1) is 10.7. The molecule has 0 unspecified atom stereocenters. The third kappa shape index (κ3) is 4.69. The van der Waals surface area contributed by atoms with Crippen LogP contribution in [-0.4, -0.2) is 33.8 Å². The molecule has 1 aromatic carbocycles. The van der Waals surface area contributed by atoms with Crippen LogP contribution < -0.4 is 5.32 Å². The lowest BCUT2D eigenvalue weighted by Crippen LogP contribution is -2.44. The number of para-hydroxylation sites is 1. The summed E-state index contributed by atoms with van der Waals surface area (Å²) in [6, 6.07) is 4.13. The summed E-state index contributed by atoms with van der Waals surface area (Å²) in [5.74, 6) is -0.979. The number of hydrogen-bond acceptors (Lipinski definition) is 5. The van der Waals surface area contributed by atoms with E-state index in [4.69, 9.17) is 9.15 Å². The molecule has 2 rings (SSSR count). The van der Waals surface area contributed by atoms with Crippen LogP contribution in [0.15, 0.2) is 27.1 Å². The number of alkyl carbamates (subject to hydrolysis) is 1. The highest BCUT2D eigenvalue weighted by molar-refractivity contribution is 9.10. The Labute approximate surface area is 141 Å². The first kappa shape index (κ1) is 17.3. The monoisotopic (exact) mass is 384 g/mol. The molecule has 0 aliphatic rings. The van der Waals surface area contributed by atoms with Gasteiger partial charge in [0.15, 0.2) is 11.5 Å². The molecular weight excluding hydrogens is 368 g/mol. The summed E-state index contributed by atoms with van der Waals surface area (Å²) < 4.78 is 11.3. The number of carboxylic acids is 1. The summed E-state index contributed by atoms with van der Waals surface area (Å²) in [5.41, 5.74) is 0.426. The molecule has 7 nitrogen and oxygen atoms in total. The van der Waals surface area contributed by atoms with Crippen LogP contribution >= 0.6 is 15.9 Å². The SMILES string of the molecule is CC(C)(C)OC(=O)N[C@@H](Cc1nc2c(Br)cccc2o1)C(=O)O. The summed E-state index contributed by atoms with van der Waals surface area (Å²) in [5, 5.41) is 11.6. The van der Waals surface area contributed by atoms with Crippen LogP contribution in [0, 0.1) is 0 Å². The highest BCUT2D eigenvalue weighted by Crippen LogP contribution is 2.24. The van der Waals surface area contributed by atoms with Crippen molar-refractivity contribution in [2.45, 2.75) is 38.8 Å². The average Bonchev–Trinajstić information content (AvgIpc) is 2.79. The number of oxazole rings is 1. The second-order valence-electron chi connectivity index (χ2n) is 5.94. The Bertz CT molecular complexity index is 735. The zero-order valence-corrected chi connectivity index (χ0v) is 14.5. The van der Waals surface area contributed by atoms with E-state index in [1.54, 1.807) is 32.9 Å². The van der Waals surface area contributed by atoms with Crippen LogP contribution in [0.5, 0.6) is 0 Å². The van der Waals surface area contributed by atoms with Gasteiger partial charge < -0.3 is 19.6 Å². The Morgan fingerprint density at radius 3 is 2.70 bits per heavy atom. The number of nitrogens with one attached hydrogen (secondary N) is 1. The Morgan fingerprint density at radius 1 is 1.43 bits per heavy atom. The van der Waals surface area contributed by atoms with Crippen molar-refractivity contribution in [1.82, 2.24) is 10.3 Å². The molecule has 0 aliphatic heterocycles. The smallest absolute Gasteiger partial charge is 0.408 e. The number of nitrogens with zero attached hydrogens (tertiary/aromatic N) is 1. The van der Waals surface area contributed by atoms with Gasteiger partial charge in [0.05, 0.1) is 6.42 Å². The molecule has 1 aromatic heterocycles. The first-order valence-electron chi connectivity index (χ1n) is 6.92. The van der Waals surface area contributed by atoms with Crippen LogP contribution in [0.4, 0.5) is 4.79 Å². The third-order valence-corrected chi connectivity index (χ3v) is 3.42. The van der Waals surface area contributed by atoms with Gasteiger partial charge in [-0.15, -0.1) is 0 Å². The second kappa shape index (κ2) is 6.57. The number of rotatable bonds is 4. The van der Waals surface area contributed by atoms with E-state index in [9.17, 15) is 14.7 Å². The van der Waals surface area contributed by atoms with Gasteiger partial charge in [-0.1, -0.05) is 6.07 Å². The summed E-state index contributed by atoms with van der Waals surface area (Å²) in [4.78, 5) is 27.3. The fourth-order valence-electron chi connectivity index (χ4n) is 1.87. The Kier molecular flexibility index (Phi) is 4.93. The van der Waals surface area contributed by atoms with E-state index in [-0.39, 0.29) is 12.3 Å². The van der Waals surface area contributed by atoms with E-state index in [0.29, 0.717) is 11.1 Å². The van der Waals surface area contributed by atoms with Crippen molar-refractivity contribution in [2.24, 2.45) is 0 Å². The number of amides is 1. The van der Waals surface area contributed by atoms with Gasteiger partial charge in [-0.3, -0.25) is 0 Å². The molecule has 2 N–H and O–H groups in total. The summed E-state index contributed by atoms with van der Waals surface area (Å²) >= 11 is 3.35. The molecule has 1 atom stereocenters. The van der Waals surface area contributed by atoms with Gasteiger partial charge in [-0.25, -0.2) is 14.6 Å². The van der Waals surface area contributed by atoms with Gasteiger partial charge >= 0.3 is 12.1 Å². The summed E-state index contributed by atoms with van der Waals surface area (Å²) in [6.07, 6.45) is -0.891. The largest absolute Gasteiger partial charge is 0.480 e. The number of aliphatic carboxylic acids is 1. The standard InChI is InChI=1S/C15H17BrN2O5/c1-15(2,3)23-14(21)17-9(13(19)20)7-11-18-12-8(16)5-4-6-10(12)22-11/h4-6,9H,7H2,1-3H3,(H,17,21)(H,19,20)/t9-/m0/s1. The van der Waals surface area contributed by atoms with Crippen molar-refractivity contribution < 1.29 is 23.8 Å². The van der Waals surface area contributed by atoms with Crippen molar-refractivity contribution >= 4 is 39.1 Å². The molecule has 2 aromatic rings. The highest BCUT2D eigenvalue weighted by atomic mass is 79.9. The minimum absolute atomic E-state index is 0.0876. The quantitative estimate of drug-likeness (QED) is 0.839. The number of carbonyl (C=O) groups is 2. The molecule has 23 heavy (non-hydrogen) atoms. The first-order valence-corrected chi connectivity index (χ1v) is 7.71. The predicted molar refractivity (Wildman–Crippen MR) is 86.2 cm³/mol. The summed E-state index contributed by atoms with van der Waals surface area (Å²) in [7, 11) is 0. The van der Waals surface area contributed by atoms with Gasteiger partial charge in [0.2, 0.25) is 0 Å². The van der Waals surface area contributed by atoms with Crippen molar-refractivity contribution in [3.63, 3.8) is 0 Å². The number of aromatic nitrogens is 1. The Balaban J connectivity index is 2.13. The number of carboxylic acid groups (broad SMARTS) is 1. The highest BCUT2D eigenvalue weighted by Gasteiger charge is 2.26. The Morgan fingerprint density at radius 2 is 2.13 bits per heavy atom. The molecule has 0 aliphatic carbocycles. The van der Waals surface area contributed by atoms with Crippen molar-refractivity contribution in [3.8, 4) is 0 Å². The van der Waals surface area contributed by atoms with E-state index >= 15 is 0 Å². The van der Waals surface area contributed by atoms with Gasteiger partial charge in [-0.05, 0) is 48.8 Å². The molecule has 0 bridgehead atoms. The number of ether oxygens (including phenoxy) is 1. The van der Waals surface area contributed by atoms with Crippen LogP contribution in [0.3, 0.4) is 0 Å². The van der Waals surface area contributed by atoms with E-state index in [1.165, 1.54) is 0 Å². The molecule has 1 amide bonds. The van der Waals surface area contributed by atoms with E-state index < -0.39 is 23.7 Å². The maximum absolute atomic E-state index is 11.7.